The Hall–Kier alpha value is -0.700. The Morgan fingerprint density at radius 1 is 1.33 bits per heavy atom. The second-order valence-corrected chi connectivity index (χ2v) is 3.77. The van der Waals surface area contributed by atoms with Crippen molar-refractivity contribution >= 4 is 0 Å². The van der Waals surface area contributed by atoms with E-state index in [0.29, 0.717) is 6.04 Å². The highest BCUT2D eigenvalue weighted by molar-refractivity contribution is 4.99. The zero-order chi connectivity index (χ0) is 8.72. The van der Waals surface area contributed by atoms with E-state index in [2.05, 4.69) is 35.5 Å². The van der Waals surface area contributed by atoms with Crippen molar-refractivity contribution < 1.29 is 0 Å². The van der Waals surface area contributed by atoms with Gasteiger partial charge >= 0.3 is 0 Å². The van der Waals surface area contributed by atoms with E-state index in [0.717, 1.165) is 18.9 Å². The molecule has 0 aromatic heterocycles. The number of likely N-dealkylation sites (N-methyl/N-ethyl adjacent to an activating group) is 1. The monoisotopic (exact) mass is 167 g/mol. The number of hydrazine groups is 1. The lowest BCUT2D eigenvalue weighted by molar-refractivity contribution is -0.0279. The van der Waals surface area contributed by atoms with E-state index in [4.69, 9.17) is 0 Å². The molecule has 68 valence electrons. The van der Waals surface area contributed by atoms with Crippen molar-refractivity contribution in [1.29, 1.82) is 0 Å². The summed E-state index contributed by atoms with van der Waals surface area (Å²) >= 11 is 0. The van der Waals surface area contributed by atoms with Crippen molar-refractivity contribution in [2.45, 2.75) is 19.4 Å². The summed E-state index contributed by atoms with van der Waals surface area (Å²) in [5.74, 6) is 1.16. The van der Waals surface area contributed by atoms with Crippen LogP contribution >= 0.6 is 0 Å². The van der Waals surface area contributed by atoms with Crippen LogP contribution in [0.25, 0.3) is 0 Å². The fraction of sp³-hybridized carbons (Fsp3) is 0.778. The van der Waals surface area contributed by atoms with Crippen LogP contribution in [-0.4, -0.2) is 47.6 Å². The summed E-state index contributed by atoms with van der Waals surface area (Å²) in [6.45, 7) is 9.83. The summed E-state index contributed by atoms with van der Waals surface area (Å²) < 4.78 is 0. The highest BCUT2D eigenvalue weighted by Crippen LogP contribution is 2.26. The number of hydrogen-bond acceptors (Lipinski definition) is 3. The normalized spacial score (nSPS) is 31.2. The van der Waals surface area contributed by atoms with Gasteiger partial charge in [0.1, 0.15) is 5.82 Å². The van der Waals surface area contributed by atoms with Crippen LogP contribution in [0, 0.1) is 0 Å². The molecule has 0 amide bonds. The summed E-state index contributed by atoms with van der Waals surface area (Å²) in [5.41, 5.74) is 0. The summed E-state index contributed by atoms with van der Waals surface area (Å²) in [6, 6.07) is 0.639. The molecular weight excluding hydrogens is 150 g/mol. The van der Waals surface area contributed by atoms with E-state index in [9.17, 15) is 0 Å². The van der Waals surface area contributed by atoms with Gasteiger partial charge in [0.05, 0.1) is 0 Å². The second kappa shape index (κ2) is 2.66. The van der Waals surface area contributed by atoms with Crippen LogP contribution in [0.1, 0.15) is 13.3 Å². The molecule has 1 unspecified atom stereocenters. The molecule has 2 rings (SSSR count). The number of nitrogens with zero attached hydrogens (tertiary/aromatic N) is 3. The molecule has 0 bridgehead atoms. The van der Waals surface area contributed by atoms with Gasteiger partial charge in [-0.15, -0.1) is 0 Å². The van der Waals surface area contributed by atoms with Crippen LogP contribution in [0.4, 0.5) is 0 Å². The third kappa shape index (κ3) is 1.00. The third-order valence-corrected chi connectivity index (χ3v) is 2.93. The van der Waals surface area contributed by atoms with Crippen LogP contribution in [0.3, 0.4) is 0 Å². The van der Waals surface area contributed by atoms with Crippen LogP contribution in [0.5, 0.6) is 0 Å². The smallest absolute Gasteiger partial charge is 0.111 e. The van der Waals surface area contributed by atoms with Crippen LogP contribution in [0.15, 0.2) is 12.4 Å². The maximum atomic E-state index is 4.10. The maximum Gasteiger partial charge on any atom is 0.111 e. The minimum absolute atomic E-state index is 0.639. The van der Waals surface area contributed by atoms with E-state index in [1.807, 2.05) is 0 Å². The SMILES string of the molecule is C=C1N(C)CCN2CCC(C)N12. The van der Waals surface area contributed by atoms with Crippen molar-refractivity contribution in [3.05, 3.63) is 12.4 Å². The Kier molecular flexibility index (Phi) is 1.76. The van der Waals surface area contributed by atoms with E-state index in [1.165, 1.54) is 13.0 Å². The van der Waals surface area contributed by atoms with Gasteiger partial charge in [-0.05, 0) is 13.3 Å². The molecule has 3 heteroatoms. The molecule has 12 heavy (non-hydrogen) atoms. The minimum atomic E-state index is 0.639. The summed E-state index contributed by atoms with van der Waals surface area (Å²) in [7, 11) is 2.12. The van der Waals surface area contributed by atoms with Crippen molar-refractivity contribution in [3.63, 3.8) is 0 Å². The van der Waals surface area contributed by atoms with E-state index in [1.54, 1.807) is 0 Å². The van der Waals surface area contributed by atoms with Gasteiger partial charge in [-0.25, -0.2) is 5.01 Å². The zero-order valence-corrected chi connectivity index (χ0v) is 7.95. The van der Waals surface area contributed by atoms with Gasteiger partial charge in [-0.3, -0.25) is 5.01 Å². The Balaban J connectivity index is 2.17. The third-order valence-electron chi connectivity index (χ3n) is 2.93. The van der Waals surface area contributed by atoms with Crippen molar-refractivity contribution in [2.24, 2.45) is 0 Å². The first kappa shape index (κ1) is 7.92. The van der Waals surface area contributed by atoms with E-state index in [-0.39, 0.29) is 0 Å². The molecule has 2 heterocycles. The van der Waals surface area contributed by atoms with Crippen LogP contribution < -0.4 is 0 Å². The lowest BCUT2D eigenvalue weighted by atomic mass is 10.2. The standard InChI is InChI=1S/C9H17N3/c1-8-4-5-11-7-6-10(3)9(2)12(8)11/h8H,2,4-7H2,1,3H3. The fourth-order valence-corrected chi connectivity index (χ4v) is 2.05. The number of rotatable bonds is 0. The molecule has 0 radical (unpaired) electrons. The molecule has 0 aromatic rings. The van der Waals surface area contributed by atoms with Gasteiger partial charge in [0.25, 0.3) is 0 Å². The summed E-state index contributed by atoms with van der Waals surface area (Å²) in [6.07, 6.45) is 1.27. The number of fused-ring (bicyclic) bond motifs is 1. The second-order valence-electron chi connectivity index (χ2n) is 3.77. The predicted octanol–water partition coefficient (Wildman–Crippen LogP) is 0.714. The summed E-state index contributed by atoms with van der Waals surface area (Å²) in [4.78, 5) is 2.23. The first-order valence-electron chi connectivity index (χ1n) is 4.64. The molecule has 2 aliphatic heterocycles. The lowest BCUT2D eigenvalue weighted by Gasteiger charge is -2.43. The first-order valence-corrected chi connectivity index (χ1v) is 4.64. The molecule has 0 spiro atoms. The zero-order valence-electron chi connectivity index (χ0n) is 7.95. The van der Waals surface area contributed by atoms with Gasteiger partial charge < -0.3 is 4.90 Å². The fourth-order valence-electron chi connectivity index (χ4n) is 2.05. The van der Waals surface area contributed by atoms with Crippen molar-refractivity contribution in [1.82, 2.24) is 14.9 Å². The average Bonchev–Trinajstić information content (AvgIpc) is 2.41. The molecule has 0 aliphatic carbocycles. The molecule has 0 saturated carbocycles. The van der Waals surface area contributed by atoms with Gasteiger partial charge in [-0.1, -0.05) is 6.58 Å². The van der Waals surface area contributed by atoms with Gasteiger partial charge in [0.2, 0.25) is 0 Å². The predicted molar refractivity (Wildman–Crippen MR) is 49.3 cm³/mol. The average molecular weight is 167 g/mol. The molecule has 1 atom stereocenters. The molecule has 2 fully saturated rings. The molecule has 2 aliphatic rings. The molecule has 0 N–H and O–H groups in total. The molecule has 0 aromatic carbocycles. The maximum absolute atomic E-state index is 4.10. The van der Waals surface area contributed by atoms with Crippen molar-refractivity contribution in [3.8, 4) is 0 Å². The van der Waals surface area contributed by atoms with Crippen molar-refractivity contribution in [2.75, 3.05) is 26.7 Å². The number of hydrogen-bond donors (Lipinski definition) is 0. The van der Waals surface area contributed by atoms with Crippen LogP contribution in [0.2, 0.25) is 0 Å². The molecule has 3 nitrogen and oxygen atoms in total. The highest BCUT2D eigenvalue weighted by atomic mass is 15.7. The largest absolute Gasteiger partial charge is 0.359 e. The van der Waals surface area contributed by atoms with E-state index >= 15 is 0 Å². The minimum Gasteiger partial charge on any atom is -0.359 e. The Morgan fingerprint density at radius 2 is 2.08 bits per heavy atom. The topological polar surface area (TPSA) is 9.72 Å². The van der Waals surface area contributed by atoms with Gasteiger partial charge in [0.15, 0.2) is 0 Å². The highest BCUT2D eigenvalue weighted by Gasteiger charge is 2.33. The Bertz CT molecular complexity index is 202. The molecular formula is C9H17N3. The van der Waals surface area contributed by atoms with Gasteiger partial charge in [0, 0.05) is 32.7 Å². The lowest BCUT2D eigenvalue weighted by Crippen LogP contribution is -2.51. The first-order chi connectivity index (χ1) is 5.70. The molecule has 2 saturated heterocycles. The Labute approximate surface area is 74.2 Å². The van der Waals surface area contributed by atoms with Gasteiger partial charge in [-0.2, -0.15) is 0 Å². The quantitative estimate of drug-likeness (QED) is 0.526. The summed E-state index contributed by atoms with van der Waals surface area (Å²) in [5, 5.41) is 4.75. The van der Waals surface area contributed by atoms with Crippen LogP contribution in [-0.2, 0) is 0 Å². The Morgan fingerprint density at radius 3 is 2.83 bits per heavy atom. The van der Waals surface area contributed by atoms with E-state index < -0.39 is 0 Å².